The Kier molecular flexibility index (Phi) is 5.75. The van der Waals surface area contributed by atoms with E-state index in [2.05, 4.69) is 0 Å². The fourth-order valence-corrected chi connectivity index (χ4v) is 3.95. The molecule has 0 radical (unpaired) electrons. The van der Waals surface area contributed by atoms with E-state index in [4.69, 9.17) is 43.9 Å². The molecule has 0 amide bonds. The zero-order chi connectivity index (χ0) is 19.0. The molecule has 0 fully saturated rings. The van der Waals surface area contributed by atoms with E-state index in [0.717, 1.165) is 24.3 Å². The van der Waals surface area contributed by atoms with Gasteiger partial charge in [0, 0.05) is 0 Å². The Bertz CT molecular complexity index is 887. The maximum Gasteiger partial charge on any atom is 0.294 e. The molecule has 0 aliphatic rings. The Hall–Kier alpha value is -0.870. The van der Waals surface area contributed by atoms with Gasteiger partial charge in [-0.2, -0.15) is 16.8 Å². The summed E-state index contributed by atoms with van der Waals surface area (Å²) in [6, 6.07) is 10.1. The van der Waals surface area contributed by atoms with E-state index < -0.39 is 29.9 Å². The molecule has 2 aromatic carbocycles. The molecular weight excluding hydrogens is 435 g/mol. The molecule has 0 aliphatic carbocycles. The van der Waals surface area contributed by atoms with Crippen molar-refractivity contribution in [1.82, 2.24) is 0 Å². The summed E-state index contributed by atoms with van der Waals surface area (Å²) in [7, 11) is -8.72. The van der Waals surface area contributed by atoms with Gasteiger partial charge in [0.2, 0.25) is 3.79 Å². The predicted molar refractivity (Wildman–Crippen MR) is 94.6 cm³/mol. The van der Waals surface area contributed by atoms with Gasteiger partial charge in [0.15, 0.2) is 0 Å². The minimum atomic E-state index is -4.36. The first-order valence-corrected chi connectivity index (χ1v) is 10.5. The molecule has 0 bridgehead atoms. The molecule has 0 heterocycles. The van der Waals surface area contributed by atoms with Gasteiger partial charge in [-0.05, 0) is 35.4 Å². The Morgan fingerprint density at radius 3 is 1.16 bits per heavy atom. The van der Waals surface area contributed by atoms with Crippen LogP contribution < -0.4 is 0 Å². The number of hydrogen-bond donors (Lipinski definition) is 2. The molecule has 0 atom stereocenters. The van der Waals surface area contributed by atoms with Gasteiger partial charge >= 0.3 is 0 Å². The molecule has 0 spiro atoms. The Balaban J connectivity index is 2.51. The van der Waals surface area contributed by atoms with Crippen molar-refractivity contribution in [3.63, 3.8) is 0 Å². The molecule has 2 rings (SSSR count). The lowest BCUT2D eigenvalue weighted by Gasteiger charge is -2.25. The van der Waals surface area contributed by atoms with E-state index in [1.54, 1.807) is 0 Å². The molecule has 136 valence electrons. The quantitative estimate of drug-likeness (QED) is 0.549. The topological polar surface area (TPSA) is 109 Å². The summed E-state index contributed by atoms with van der Waals surface area (Å²) in [4.78, 5) is -0.637. The van der Waals surface area contributed by atoms with Crippen molar-refractivity contribution in [2.24, 2.45) is 0 Å². The molecular formula is C14H11Cl3O6S2. The van der Waals surface area contributed by atoms with Crippen LogP contribution in [0.2, 0.25) is 0 Å². The van der Waals surface area contributed by atoms with Gasteiger partial charge in [0.05, 0.1) is 15.7 Å². The lowest BCUT2D eigenvalue weighted by molar-refractivity contribution is 0.481. The van der Waals surface area contributed by atoms with Crippen molar-refractivity contribution in [3.05, 3.63) is 59.7 Å². The first-order chi connectivity index (χ1) is 11.3. The summed E-state index contributed by atoms with van der Waals surface area (Å²) in [5.74, 6) is -0.858. The van der Waals surface area contributed by atoms with Gasteiger partial charge in [-0.3, -0.25) is 9.11 Å². The predicted octanol–water partition coefficient (Wildman–Crippen LogP) is 3.68. The van der Waals surface area contributed by atoms with E-state index in [0.29, 0.717) is 11.1 Å². The van der Waals surface area contributed by atoms with Crippen LogP contribution >= 0.6 is 34.8 Å². The Morgan fingerprint density at radius 2 is 0.960 bits per heavy atom. The third kappa shape index (κ3) is 5.07. The second-order valence-electron chi connectivity index (χ2n) is 5.06. The van der Waals surface area contributed by atoms with Crippen LogP contribution in [0.4, 0.5) is 0 Å². The second-order valence-corrected chi connectivity index (χ2v) is 10.3. The van der Waals surface area contributed by atoms with Crippen molar-refractivity contribution >= 4 is 55.0 Å². The fourth-order valence-electron chi connectivity index (χ4n) is 2.23. The molecule has 25 heavy (non-hydrogen) atoms. The molecule has 11 heteroatoms. The maximum atomic E-state index is 11.1. The van der Waals surface area contributed by atoms with Crippen molar-refractivity contribution in [2.75, 3.05) is 0 Å². The first-order valence-electron chi connectivity index (χ1n) is 6.52. The van der Waals surface area contributed by atoms with Crippen molar-refractivity contribution in [2.45, 2.75) is 19.5 Å². The zero-order valence-corrected chi connectivity index (χ0v) is 16.1. The van der Waals surface area contributed by atoms with Crippen LogP contribution in [-0.2, 0) is 20.2 Å². The van der Waals surface area contributed by atoms with Crippen LogP contribution in [0.1, 0.15) is 17.0 Å². The van der Waals surface area contributed by atoms with Crippen molar-refractivity contribution < 1.29 is 25.9 Å². The van der Waals surface area contributed by atoms with Crippen LogP contribution in [0.3, 0.4) is 0 Å². The largest absolute Gasteiger partial charge is 0.294 e. The van der Waals surface area contributed by atoms with Gasteiger partial charge in [-0.15, -0.1) is 0 Å². The highest BCUT2D eigenvalue weighted by atomic mass is 35.6. The molecule has 0 saturated heterocycles. The number of hydrogen-bond acceptors (Lipinski definition) is 4. The smallest absolute Gasteiger partial charge is 0.282 e. The van der Waals surface area contributed by atoms with Gasteiger partial charge in [0.25, 0.3) is 20.2 Å². The SMILES string of the molecule is O=S(=O)(O)c1ccc(C(c2ccc(S(=O)(=O)O)cc2)C(Cl)(Cl)Cl)cc1. The van der Waals surface area contributed by atoms with E-state index in [9.17, 15) is 16.8 Å². The van der Waals surface area contributed by atoms with Crippen LogP contribution in [-0.4, -0.2) is 29.7 Å². The molecule has 0 saturated carbocycles. The van der Waals surface area contributed by atoms with Gasteiger partial charge in [0.1, 0.15) is 0 Å². The van der Waals surface area contributed by atoms with Crippen LogP contribution in [0.25, 0.3) is 0 Å². The number of rotatable bonds is 4. The van der Waals surface area contributed by atoms with Crippen LogP contribution in [0, 0.1) is 0 Å². The van der Waals surface area contributed by atoms with Gasteiger partial charge in [-0.25, -0.2) is 0 Å². The van der Waals surface area contributed by atoms with E-state index in [-0.39, 0.29) is 9.79 Å². The van der Waals surface area contributed by atoms with E-state index >= 15 is 0 Å². The zero-order valence-electron chi connectivity index (χ0n) is 12.2. The third-order valence-electron chi connectivity index (χ3n) is 3.35. The average Bonchev–Trinajstić information content (AvgIpc) is 2.45. The highest BCUT2D eigenvalue weighted by molar-refractivity contribution is 7.86. The number of halogens is 3. The average molecular weight is 446 g/mol. The number of alkyl halides is 3. The maximum absolute atomic E-state index is 11.1. The molecule has 2 N–H and O–H groups in total. The minimum Gasteiger partial charge on any atom is -0.282 e. The van der Waals surface area contributed by atoms with Crippen LogP contribution in [0.5, 0.6) is 0 Å². The standard InChI is InChI=1S/C14H11Cl3O6S2/c15-14(16,17)13(9-1-5-11(6-2-9)24(18,19)20)10-3-7-12(8-4-10)25(21,22)23/h1-8,13H,(H,18,19,20)(H,21,22,23). The van der Waals surface area contributed by atoms with E-state index in [1.807, 2.05) is 0 Å². The molecule has 0 aliphatic heterocycles. The highest BCUT2D eigenvalue weighted by Crippen LogP contribution is 2.45. The highest BCUT2D eigenvalue weighted by Gasteiger charge is 2.35. The van der Waals surface area contributed by atoms with Crippen LogP contribution in [0.15, 0.2) is 58.3 Å². The fraction of sp³-hybridized carbons (Fsp3) is 0.143. The first kappa shape index (κ1) is 20.4. The summed E-state index contributed by atoms with van der Waals surface area (Å²) in [6.07, 6.45) is 0. The molecule has 2 aromatic rings. The van der Waals surface area contributed by atoms with Crippen molar-refractivity contribution in [3.8, 4) is 0 Å². The normalized spacial score (nSPS) is 13.2. The third-order valence-corrected chi connectivity index (χ3v) is 5.74. The molecule has 0 aromatic heterocycles. The lowest BCUT2D eigenvalue weighted by atomic mass is 9.92. The number of benzene rings is 2. The molecule has 0 unspecified atom stereocenters. The van der Waals surface area contributed by atoms with Gasteiger partial charge in [-0.1, -0.05) is 59.1 Å². The lowest BCUT2D eigenvalue weighted by Crippen LogP contribution is -2.18. The Labute approximate surface area is 159 Å². The Morgan fingerprint density at radius 1 is 0.680 bits per heavy atom. The minimum absolute atomic E-state index is 0.318. The molecule has 6 nitrogen and oxygen atoms in total. The summed E-state index contributed by atoms with van der Waals surface area (Å²) in [5.41, 5.74) is 0.846. The summed E-state index contributed by atoms with van der Waals surface area (Å²) < 4.78 is 60.6. The van der Waals surface area contributed by atoms with Crippen molar-refractivity contribution in [1.29, 1.82) is 0 Å². The monoisotopic (exact) mass is 444 g/mol. The summed E-state index contributed by atoms with van der Waals surface area (Å²) >= 11 is 18.1. The van der Waals surface area contributed by atoms with E-state index in [1.165, 1.54) is 24.3 Å². The summed E-state index contributed by atoms with van der Waals surface area (Å²) in [6.45, 7) is 0. The van der Waals surface area contributed by atoms with Gasteiger partial charge < -0.3 is 0 Å². The summed E-state index contributed by atoms with van der Waals surface area (Å²) in [5, 5.41) is 0. The second kappa shape index (κ2) is 7.03.